The zero-order valence-electron chi connectivity index (χ0n) is 11.7. The van der Waals surface area contributed by atoms with E-state index in [1.807, 2.05) is 30.3 Å². The highest BCUT2D eigenvalue weighted by Gasteiger charge is 2.12. The van der Waals surface area contributed by atoms with Gasteiger partial charge in [0.15, 0.2) is 0 Å². The molecule has 0 fully saturated rings. The molecule has 0 aliphatic heterocycles. The second-order valence-corrected chi connectivity index (χ2v) is 5.14. The summed E-state index contributed by atoms with van der Waals surface area (Å²) in [5.74, 6) is 0.385. The first-order valence-corrected chi connectivity index (χ1v) is 6.97. The van der Waals surface area contributed by atoms with Crippen molar-refractivity contribution in [3.8, 4) is 6.07 Å². The monoisotopic (exact) mass is 324 g/mol. The Bertz CT molecular complexity index is 952. The molecule has 0 saturated heterocycles. The lowest BCUT2D eigenvalue weighted by molar-refractivity contribution is -0.384. The molecule has 0 amide bonds. The summed E-state index contributed by atoms with van der Waals surface area (Å²) >= 11 is 6.06. The topological polar surface area (TPSA) is 95.6 Å². The second kappa shape index (κ2) is 5.91. The van der Waals surface area contributed by atoms with E-state index in [0.29, 0.717) is 16.4 Å². The average Bonchev–Trinajstić information content (AvgIpc) is 2.97. The number of nitrogens with zero attached hydrogens (tertiary/aromatic N) is 3. The lowest BCUT2D eigenvalue weighted by Gasteiger charge is -2.00. The summed E-state index contributed by atoms with van der Waals surface area (Å²) in [7, 11) is 0. The number of imidazole rings is 1. The Hall–Kier alpha value is -3.17. The summed E-state index contributed by atoms with van der Waals surface area (Å²) in [5, 5.41) is 20.6. The molecule has 0 saturated carbocycles. The number of fused-ring (bicyclic) bond motifs is 1. The second-order valence-electron chi connectivity index (χ2n) is 4.74. The van der Waals surface area contributed by atoms with Crippen LogP contribution in [0.4, 0.5) is 5.69 Å². The predicted octanol–water partition coefficient (Wildman–Crippen LogP) is 4.19. The molecule has 0 unspecified atom stereocenters. The van der Waals surface area contributed by atoms with Crippen molar-refractivity contribution in [3.63, 3.8) is 0 Å². The molecule has 1 heterocycles. The highest BCUT2D eigenvalue weighted by Crippen LogP contribution is 2.26. The van der Waals surface area contributed by atoms with E-state index in [4.69, 9.17) is 11.6 Å². The normalized spacial score (nSPS) is 11.4. The molecule has 6 nitrogen and oxygen atoms in total. The zero-order chi connectivity index (χ0) is 16.4. The van der Waals surface area contributed by atoms with Gasteiger partial charge in [0.1, 0.15) is 11.9 Å². The Balaban J connectivity index is 2.10. The quantitative estimate of drug-likeness (QED) is 0.444. The molecular formula is C16H9ClN4O2. The van der Waals surface area contributed by atoms with E-state index in [1.54, 1.807) is 0 Å². The van der Waals surface area contributed by atoms with Gasteiger partial charge in [0.2, 0.25) is 0 Å². The van der Waals surface area contributed by atoms with Crippen LogP contribution in [-0.2, 0) is 0 Å². The number of halogens is 1. The summed E-state index contributed by atoms with van der Waals surface area (Å²) < 4.78 is 0. The third-order valence-corrected chi connectivity index (χ3v) is 3.60. The maximum atomic E-state index is 10.9. The van der Waals surface area contributed by atoms with E-state index in [1.165, 1.54) is 24.3 Å². The number of hydrogen-bond acceptors (Lipinski definition) is 4. The first kappa shape index (κ1) is 14.8. The van der Waals surface area contributed by atoms with E-state index in [0.717, 1.165) is 11.0 Å². The van der Waals surface area contributed by atoms with Crippen LogP contribution in [-0.4, -0.2) is 14.9 Å². The number of nitrogens with one attached hydrogen (secondary N) is 1. The SMILES string of the molecule is N#CC(=Cc1cc([N+](=O)[O-])ccc1Cl)c1nc2ccccc2[nH]1. The van der Waals surface area contributed by atoms with Crippen molar-refractivity contribution >= 4 is 40.0 Å². The van der Waals surface area contributed by atoms with Crippen LogP contribution in [0.2, 0.25) is 5.02 Å². The van der Waals surface area contributed by atoms with Crippen LogP contribution in [0.3, 0.4) is 0 Å². The number of H-pyrrole nitrogens is 1. The van der Waals surface area contributed by atoms with Crippen LogP contribution in [0.5, 0.6) is 0 Å². The van der Waals surface area contributed by atoms with Crippen LogP contribution >= 0.6 is 11.6 Å². The molecule has 0 atom stereocenters. The Morgan fingerprint density at radius 1 is 1.35 bits per heavy atom. The number of nitro benzene ring substituents is 1. The molecule has 23 heavy (non-hydrogen) atoms. The fourth-order valence-electron chi connectivity index (χ4n) is 2.14. The summed E-state index contributed by atoms with van der Waals surface area (Å²) in [4.78, 5) is 17.7. The summed E-state index contributed by atoms with van der Waals surface area (Å²) in [6, 6.07) is 13.5. The van der Waals surface area contributed by atoms with Crippen LogP contribution in [0.15, 0.2) is 42.5 Å². The summed E-state index contributed by atoms with van der Waals surface area (Å²) in [6.07, 6.45) is 1.48. The van der Waals surface area contributed by atoms with E-state index in [2.05, 4.69) is 9.97 Å². The zero-order valence-corrected chi connectivity index (χ0v) is 12.4. The minimum atomic E-state index is -0.513. The first-order valence-electron chi connectivity index (χ1n) is 6.59. The van der Waals surface area contributed by atoms with Crippen molar-refractivity contribution in [2.75, 3.05) is 0 Å². The number of aromatic nitrogens is 2. The molecule has 3 aromatic rings. The van der Waals surface area contributed by atoms with Crippen molar-refractivity contribution in [3.05, 3.63) is 69.0 Å². The smallest absolute Gasteiger partial charge is 0.270 e. The molecule has 0 radical (unpaired) electrons. The number of hydrogen-bond donors (Lipinski definition) is 1. The molecule has 7 heteroatoms. The van der Waals surface area contributed by atoms with Gasteiger partial charge in [-0.25, -0.2) is 4.98 Å². The van der Waals surface area contributed by atoms with E-state index in [-0.39, 0.29) is 11.3 Å². The third-order valence-electron chi connectivity index (χ3n) is 3.26. The van der Waals surface area contributed by atoms with Gasteiger partial charge < -0.3 is 4.98 Å². The fourth-order valence-corrected chi connectivity index (χ4v) is 2.32. The minimum absolute atomic E-state index is 0.0949. The molecule has 0 bridgehead atoms. The number of allylic oxidation sites excluding steroid dienone is 1. The summed E-state index contributed by atoms with van der Waals surface area (Å²) in [5.41, 5.74) is 2.06. The lowest BCUT2D eigenvalue weighted by Crippen LogP contribution is -1.90. The van der Waals surface area contributed by atoms with Crippen LogP contribution in [0.1, 0.15) is 11.4 Å². The van der Waals surface area contributed by atoms with Gasteiger partial charge in [-0.05, 0) is 24.3 Å². The van der Waals surface area contributed by atoms with Crippen LogP contribution in [0, 0.1) is 21.4 Å². The number of non-ortho nitro benzene ring substituents is 1. The highest BCUT2D eigenvalue weighted by atomic mass is 35.5. The van der Waals surface area contributed by atoms with Gasteiger partial charge in [0, 0.05) is 22.7 Å². The van der Waals surface area contributed by atoms with Gasteiger partial charge in [0.05, 0.1) is 21.5 Å². The van der Waals surface area contributed by atoms with Crippen molar-refractivity contribution in [2.45, 2.75) is 0 Å². The Labute approximate surface area is 135 Å². The fraction of sp³-hybridized carbons (Fsp3) is 0. The Morgan fingerprint density at radius 3 is 2.83 bits per heavy atom. The van der Waals surface area contributed by atoms with E-state index >= 15 is 0 Å². The number of rotatable bonds is 3. The maximum Gasteiger partial charge on any atom is 0.270 e. The maximum absolute atomic E-state index is 10.9. The Kier molecular flexibility index (Phi) is 3.79. The largest absolute Gasteiger partial charge is 0.337 e. The average molecular weight is 325 g/mol. The van der Waals surface area contributed by atoms with Gasteiger partial charge in [-0.3, -0.25) is 10.1 Å². The number of para-hydroxylation sites is 2. The summed E-state index contributed by atoms with van der Waals surface area (Å²) in [6.45, 7) is 0. The van der Waals surface area contributed by atoms with E-state index < -0.39 is 4.92 Å². The molecule has 3 rings (SSSR count). The van der Waals surface area contributed by atoms with Crippen molar-refractivity contribution in [1.29, 1.82) is 5.26 Å². The molecule has 0 aliphatic carbocycles. The van der Waals surface area contributed by atoms with Gasteiger partial charge >= 0.3 is 0 Å². The van der Waals surface area contributed by atoms with Crippen LogP contribution < -0.4 is 0 Å². The molecule has 1 aromatic heterocycles. The highest BCUT2D eigenvalue weighted by molar-refractivity contribution is 6.32. The van der Waals surface area contributed by atoms with Crippen molar-refractivity contribution < 1.29 is 4.92 Å². The molecule has 112 valence electrons. The standard InChI is InChI=1S/C16H9ClN4O2/c17-13-6-5-12(21(22)23)8-10(13)7-11(9-18)16-19-14-3-1-2-4-15(14)20-16/h1-8H,(H,19,20). The van der Waals surface area contributed by atoms with Gasteiger partial charge in [-0.2, -0.15) is 5.26 Å². The van der Waals surface area contributed by atoms with Gasteiger partial charge in [-0.1, -0.05) is 23.7 Å². The molecule has 0 spiro atoms. The molecule has 1 N–H and O–H groups in total. The van der Waals surface area contributed by atoms with Crippen molar-refractivity contribution in [1.82, 2.24) is 9.97 Å². The number of nitriles is 1. The molecule has 0 aliphatic rings. The number of benzene rings is 2. The van der Waals surface area contributed by atoms with E-state index in [9.17, 15) is 15.4 Å². The molecular weight excluding hydrogens is 316 g/mol. The van der Waals surface area contributed by atoms with Gasteiger partial charge in [-0.15, -0.1) is 0 Å². The van der Waals surface area contributed by atoms with Crippen molar-refractivity contribution in [2.24, 2.45) is 0 Å². The van der Waals surface area contributed by atoms with Gasteiger partial charge in [0.25, 0.3) is 5.69 Å². The lowest BCUT2D eigenvalue weighted by atomic mass is 10.1. The van der Waals surface area contributed by atoms with Crippen LogP contribution in [0.25, 0.3) is 22.7 Å². The molecule has 2 aromatic carbocycles. The first-order chi connectivity index (χ1) is 11.1. The number of nitro groups is 1. The third kappa shape index (κ3) is 2.91. The minimum Gasteiger partial charge on any atom is -0.337 e. The number of aromatic amines is 1. The predicted molar refractivity (Wildman–Crippen MR) is 87.7 cm³/mol. The Morgan fingerprint density at radius 2 is 2.13 bits per heavy atom.